The predicted molar refractivity (Wildman–Crippen MR) is 50.7 cm³/mol. The molecule has 1 aromatic carbocycles. The first-order valence-corrected chi connectivity index (χ1v) is 4.50. The summed E-state index contributed by atoms with van der Waals surface area (Å²) in [5.41, 5.74) is 0.884. The summed E-state index contributed by atoms with van der Waals surface area (Å²) in [4.78, 5) is 11.4. The van der Waals surface area contributed by atoms with E-state index in [1.54, 1.807) is 19.1 Å². The van der Waals surface area contributed by atoms with Gasteiger partial charge in [0.25, 0.3) is 0 Å². The molecule has 0 saturated heterocycles. The molecule has 0 aromatic heterocycles. The van der Waals surface area contributed by atoms with Gasteiger partial charge in [0.1, 0.15) is 5.92 Å². The van der Waals surface area contributed by atoms with Gasteiger partial charge in [-0.3, -0.25) is 4.79 Å². The van der Waals surface area contributed by atoms with Crippen LogP contribution < -0.4 is 0 Å². The average molecular weight is 216 g/mol. The third-order valence-electron chi connectivity index (χ3n) is 2.19. The number of ketones is 1. The Morgan fingerprint density at radius 2 is 1.93 bits per heavy atom. The second-order valence-electron chi connectivity index (χ2n) is 3.50. The minimum Gasteiger partial charge on any atom is -0.294 e. The number of rotatable bonds is 2. The van der Waals surface area contributed by atoms with Crippen LogP contribution in [0, 0.1) is 12.8 Å². The van der Waals surface area contributed by atoms with E-state index in [1.807, 2.05) is 0 Å². The maximum absolute atomic E-state index is 12.3. The molecular weight excluding hydrogens is 205 g/mol. The zero-order chi connectivity index (χ0) is 11.6. The second-order valence-corrected chi connectivity index (χ2v) is 3.50. The smallest absolute Gasteiger partial charge is 0.294 e. The maximum atomic E-state index is 12.3. The van der Waals surface area contributed by atoms with E-state index in [2.05, 4.69) is 0 Å². The summed E-state index contributed by atoms with van der Waals surface area (Å²) in [5.74, 6) is -2.83. The molecule has 0 amide bonds. The fourth-order valence-electron chi connectivity index (χ4n) is 1.20. The van der Waals surface area contributed by atoms with Crippen molar-refractivity contribution in [2.75, 3.05) is 0 Å². The number of alkyl halides is 3. The summed E-state index contributed by atoms with van der Waals surface area (Å²) in [6.45, 7) is 2.61. The zero-order valence-electron chi connectivity index (χ0n) is 8.43. The van der Waals surface area contributed by atoms with E-state index in [0.29, 0.717) is 0 Å². The quantitative estimate of drug-likeness (QED) is 0.692. The van der Waals surface area contributed by atoms with Crippen molar-refractivity contribution in [1.82, 2.24) is 0 Å². The van der Waals surface area contributed by atoms with Crippen LogP contribution in [0.15, 0.2) is 24.3 Å². The molecule has 1 nitrogen and oxygen atoms in total. The number of Topliss-reactive ketones (excluding diaryl/α,β-unsaturated/α-hetero) is 1. The molecule has 0 aliphatic heterocycles. The second kappa shape index (κ2) is 4.04. The number of benzene rings is 1. The molecule has 0 bridgehead atoms. The van der Waals surface area contributed by atoms with E-state index < -0.39 is 17.9 Å². The lowest BCUT2D eigenvalue weighted by molar-refractivity contribution is -0.155. The highest BCUT2D eigenvalue weighted by Crippen LogP contribution is 2.28. The van der Waals surface area contributed by atoms with Gasteiger partial charge in [-0.15, -0.1) is 0 Å². The molecule has 0 aliphatic carbocycles. The van der Waals surface area contributed by atoms with Crippen LogP contribution in [0.1, 0.15) is 22.8 Å². The van der Waals surface area contributed by atoms with E-state index in [9.17, 15) is 18.0 Å². The summed E-state index contributed by atoms with van der Waals surface area (Å²) in [7, 11) is 0. The lowest BCUT2D eigenvalue weighted by Crippen LogP contribution is -2.28. The fourth-order valence-corrected chi connectivity index (χ4v) is 1.20. The molecule has 4 heteroatoms. The Kier molecular flexibility index (Phi) is 3.17. The van der Waals surface area contributed by atoms with Gasteiger partial charge >= 0.3 is 6.18 Å². The molecule has 0 fully saturated rings. The normalized spacial score (nSPS) is 13.7. The SMILES string of the molecule is Cc1cccc(C(=O)C(C)C(F)(F)F)c1. The molecule has 0 heterocycles. The topological polar surface area (TPSA) is 17.1 Å². The molecule has 0 N–H and O–H groups in total. The summed E-state index contributed by atoms with van der Waals surface area (Å²) in [6, 6.07) is 6.17. The van der Waals surface area contributed by atoms with Gasteiger partial charge in [0, 0.05) is 5.56 Å². The van der Waals surface area contributed by atoms with Crippen molar-refractivity contribution >= 4 is 5.78 Å². The van der Waals surface area contributed by atoms with Crippen molar-refractivity contribution in [3.8, 4) is 0 Å². The number of halogens is 3. The molecular formula is C11H11F3O. The minimum absolute atomic E-state index is 0.111. The van der Waals surface area contributed by atoms with Gasteiger partial charge in [0.2, 0.25) is 0 Å². The summed E-state index contributed by atoms with van der Waals surface area (Å²) >= 11 is 0. The Hall–Kier alpha value is -1.32. The van der Waals surface area contributed by atoms with Gasteiger partial charge < -0.3 is 0 Å². The number of hydrogen-bond donors (Lipinski definition) is 0. The van der Waals surface area contributed by atoms with Crippen molar-refractivity contribution in [3.63, 3.8) is 0 Å². The van der Waals surface area contributed by atoms with Crippen LogP contribution in [0.5, 0.6) is 0 Å². The molecule has 1 aromatic rings. The van der Waals surface area contributed by atoms with E-state index in [0.717, 1.165) is 12.5 Å². The van der Waals surface area contributed by atoms with E-state index >= 15 is 0 Å². The minimum atomic E-state index is -4.47. The van der Waals surface area contributed by atoms with E-state index in [1.165, 1.54) is 12.1 Å². The highest BCUT2D eigenvalue weighted by Gasteiger charge is 2.41. The van der Waals surface area contributed by atoms with E-state index in [-0.39, 0.29) is 5.56 Å². The third-order valence-corrected chi connectivity index (χ3v) is 2.19. The zero-order valence-corrected chi connectivity index (χ0v) is 8.43. The number of carbonyl (C=O) groups excluding carboxylic acids is 1. The molecule has 0 aliphatic rings. The van der Waals surface area contributed by atoms with Crippen molar-refractivity contribution in [2.24, 2.45) is 5.92 Å². The first-order chi connectivity index (χ1) is 6.82. The van der Waals surface area contributed by atoms with Crippen LogP contribution in [-0.2, 0) is 0 Å². The van der Waals surface area contributed by atoms with Crippen molar-refractivity contribution < 1.29 is 18.0 Å². The summed E-state index contributed by atoms with van der Waals surface area (Å²) < 4.78 is 36.8. The first kappa shape index (κ1) is 11.8. The number of carbonyl (C=O) groups is 1. The molecule has 15 heavy (non-hydrogen) atoms. The average Bonchev–Trinajstić information content (AvgIpc) is 2.14. The highest BCUT2D eigenvalue weighted by molar-refractivity contribution is 5.98. The van der Waals surface area contributed by atoms with Gasteiger partial charge in [-0.2, -0.15) is 13.2 Å². The molecule has 0 spiro atoms. The van der Waals surface area contributed by atoms with Gasteiger partial charge in [-0.1, -0.05) is 23.8 Å². The van der Waals surface area contributed by atoms with Crippen LogP contribution in [0.3, 0.4) is 0 Å². The maximum Gasteiger partial charge on any atom is 0.398 e. The Labute approximate surface area is 85.9 Å². The Bertz CT molecular complexity index is 368. The van der Waals surface area contributed by atoms with Gasteiger partial charge in [-0.05, 0) is 19.9 Å². The predicted octanol–water partition coefficient (Wildman–Crippen LogP) is 3.38. The van der Waals surface area contributed by atoms with Crippen LogP contribution in [-0.4, -0.2) is 12.0 Å². The molecule has 1 unspecified atom stereocenters. The Morgan fingerprint density at radius 1 is 1.33 bits per heavy atom. The number of aryl methyl sites for hydroxylation is 1. The Morgan fingerprint density at radius 3 is 2.40 bits per heavy atom. The lowest BCUT2D eigenvalue weighted by Gasteiger charge is -2.14. The van der Waals surface area contributed by atoms with Crippen LogP contribution in [0.2, 0.25) is 0 Å². The fraction of sp³-hybridized carbons (Fsp3) is 0.364. The highest BCUT2D eigenvalue weighted by atomic mass is 19.4. The molecule has 1 rings (SSSR count). The largest absolute Gasteiger partial charge is 0.398 e. The molecule has 82 valence electrons. The Balaban J connectivity index is 2.95. The monoisotopic (exact) mass is 216 g/mol. The van der Waals surface area contributed by atoms with Gasteiger partial charge in [0.15, 0.2) is 5.78 Å². The van der Waals surface area contributed by atoms with Crippen molar-refractivity contribution in [3.05, 3.63) is 35.4 Å². The summed E-state index contributed by atoms with van der Waals surface area (Å²) in [6.07, 6.45) is -4.47. The van der Waals surface area contributed by atoms with Crippen LogP contribution >= 0.6 is 0 Å². The lowest BCUT2D eigenvalue weighted by atomic mass is 9.98. The summed E-state index contributed by atoms with van der Waals surface area (Å²) in [5, 5.41) is 0. The van der Waals surface area contributed by atoms with Crippen molar-refractivity contribution in [2.45, 2.75) is 20.0 Å². The van der Waals surface area contributed by atoms with Crippen LogP contribution in [0.4, 0.5) is 13.2 Å². The first-order valence-electron chi connectivity index (χ1n) is 4.50. The number of hydrogen-bond acceptors (Lipinski definition) is 1. The van der Waals surface area contributed by atoms with Gasteiger partial charge in [0.05, 0.1) is 0 Å². The molecule has 0 radical (unpaired) electrons. The third kappa shape index (κ3) is 2.81. The molecule has 0 saturated carbocycles. The molecule has 1 atom stereocenters. The van der Waals surface area contributed by atoms with Crippen molar-refractivity contribution in [1.29, 1.82) is 0 Å². The van der Waals surface area contributed by atoms with Gasteiger partial charge in [-0.25, -0.2) is 0 Å². The van der Waals surface area contributed by atoms with Crippen LogP contribution in [0.25, 0.3) is 0 Å². The standard InChI is InChI=1S/C11H11F3O/c1-7-4-3-5-9(6-7)10(15)8(2)11(12,13)14/h3-6,8H,1-2H3. The van der Waals surface area contributed by atoms with E-state index in [4.69, 9.17) is 0 Å².